The quantitative estimate of drug-likeness (QED) is 0.712. The van der Waals surface area contributed by atoms with E-state index in [1.807, 2.05) is 13.0 Å². The van der Waals surface area contributed by atoms with Gasteiger partial charge in [0, 0.05) is 12.0 Å². The molecular weight excluding hydrogens is 274 g/mol. The van der Waals surface area contributed by atoms with Gasteiger partial charge in [0.25, 0.3) is 0 Å². The van der Waals surface area contributed by atoms with E-state index in [1.54, 1.807) is 0 Å². The molecule has 20 heavy (non-hydrogen) atoms. The van der Waals surface area contributed by atoms with Crippen molar-refractivity contribution in [3.05, 3.63) is 35.9 Å². The highest BCUT2D eigenvalue weighted by Crippen LogP contribution is 2.25. The molecule has 0 heterocycles. The van der Waals surface area contributed by atoms with Crippen LogP contribution >= 0.6 is 0 Å². The van der Waals surface area contributed by atoms with Gasteiger partial charge in [-0.15, -0.1) is 0 Å². The number of carbonyl (C=O) groups is 1. The van der Waals surface area contributed by atoms with Crippen LogP contribution in [0.15, 0.2) is 30.3 Å². The van der Waals surface area contributed by atoms with Crippen LogP contribution in [0.2, 0.25) is 0 Å². The third-order valence-corrected chi connectivity index (χ3v) is 4.02. The molecular formula is C16H24ClNO2. The van der Waals surface area contributed by atoms with Gasteiger partial charge in [-0.25, -0.2) is 0 Å². The second-order valence-electron chi connectivity index (χ2n) is 5.35. The SMILES string of the molecule is CCOC(=O)[C@H]1CCC[C@@H]1[NH2+][C@@H](C)c1ccccc1.[Cl-]. The number of carbonyl (C=O) groups excluding carboxylic acids is 1. The topological polar surface area (TPSA) is 42.9 Å². The minimum Gasteiger partial charge on any atom is -1.00 e. The van der Waals surface area contributed by atoms with E-state index in [1.165, 1.54) is 5.56 Å². The van der Waals surface area contributed by atoms with Crippen molar-refractivity contribution < 1.29 is 27.3 Å². The maximum absolute atomic E-state index is 11.9. The van der Waals surface area contributed by atoms with Crippen LogP contribution in [-0.2, 0) is 9.53 Å². The number of ether oxygens (including phenoxy) is 1. The Labute approximate surface area is 127 Å². The highest BCUT2D eigenvalue weighted by molar-refractivity contribution is 5.73. The Bertz CT molecular complexity index is 410. The highest BCUT2D eigenvalue weighted by Gasteiger charge is 2.37. The van der Waals surface area contributed by atoms with Crippen molar-refractivity contribution >= 4 is 5.97 Å². The summed E-state index contributed by atoms with van der Waals surface area (Å²) in [5.74, 6) is 0.0626. The van der Waals surface area contributed by atoms with Crippen LogP contribution in [-0.4, -0.2) is 18.6 Å². The summed E-state index contributed by atoms with van der Waals surface area (Å²) in [5.41, 5.74) is 1.32. The molecule has 1 aliphatic rings. The summed E-state index contributed by atoms with van der Waals surface area (Å²) >= 11 is 0. The summed E-state index contributed by atoms with van der Waals surface area (Å²) in [6.45, 7) is 4.56. The van der Waals surface area contributed by atoms with E-state index in [0.29, 0.717) is 18.7 Å². The number of hydrogen-bond donors (Lipinski definition) is 1. The van der Waals surface area contributed by atoms with Crippen LogP contribution in [0.3, 0.4) is 0 Å². The van der Waals surface area contributed by atoms with E-state index in [2.05, 4.69) is 36.5 Å². The molecule has 3 atom stereocenters. The molecule has 0 unspecified atom stereocenters. The minimum atomic E-state index is -0.0125. The number of quaternary nitrogens is 1. The van der Waals surface area contributed by atoms with Crippen molar-refractivity contribution in [2.45, 2.75) is 45.2 Å². The van der Waals surface area contributed by atoms with Gasteiger partial charge in [0.1, 0.15) is 12.0 Å². The summed E-state index contributed by atoms with van der Waals surface area (Å²) in [6, 6.07) is 11.2. The van der Waals surface area contributed by atoms with Gasteiger partial charge in [0.05, 0.1) is 12.6 Å². The number of rotatable bonds is 5. The fourth-order valence-electron chi connectivity index (χ4n) is 3.00. The van der Waals surface area contributed by atoms with Crippen molar-refractivity contribution in [1.29, 1.82) is 0 Å². The predicted octanol–water partition coefficient (Wildman–Crippen LogP) is -0.953. The van der Waals surface area contributed by atoms with Crippen LogP contribution < -0.4 is 17.7 Å². The Morgan fingerprint density at radius 1 is 1.35 bits per heavy atom. The molecule has 2 rings (SSSR count). The molecule has 1 fully saturated rings. The lowest BCUT2D eigenvalue weighted by Crippen LogP contribution is -3.00. The second-order valence-corrected chi connectivity index (χ2v) is 5.35. The largest absolute Gasteiger partial charge is 1.00 e. The van der Waals surface area contributed by atoms with Gasteiger partial charge in [-0.2, -0.15) is 0 Å². The Kier molecular flexibility index (Phi) is 7.03. The van der Waals surface area contributed by atoms with Gasteiger partial charge < -0.3 is 22.5 Å². The summed E-state index contributed by atoms with van der Waals surface area (Å²) in [6.07, 6.45) is 3.22. The number of hydrogen-bond acceptors (Lipinski definition) is 2. The second kappa shape index (κ2) is 8.28. The average molecular weight is 298 g/mol. The molecule has 112 valence electrons. The first kappa shape index (κ1) is 17.0. The predicted molar refractivity (Wildman–Crippen MR) is 74.5 cm³/mol. The van der Waals surface area contributed by atoms with E-state index in [9.17, 15) is 4.79 Å². The van der Waals surface area contributed by atoms with Gasteiger partial charge in [-0.1, -0.05) is 30.3 Å². The molecule has 0 radical (unpaired) electrons. The van der Waals surface area contributed by atoms with Gasteiger partial charge in [-0.3, -0.25) is 4.79 Å². The first-order valence-corrected chi connectivity index (χ1v) is 7.29. The standard InChI is InChI=1S/C16H23NO2.ClH/c1-3-19-16(18)14-10-7-11-15(14)17-12(2)13-8-5-4-6-9-13;/h4-6,8-9,12,14-15,17H,3,7,10-11H2,1-2H3;1H/t12-,14-,15-;/m0./s1. The average Bonchev–Trinajstić information content (AvgIpc) is 2.88. The van der Waals surface area contributed by atoms with Gasteiger partial charge >= 0.3 is 5.97 Å². The normalized spacial score (nSPS) is 22.9. The lowest BCUT2D eigenvalue weighted by Gasteiger charge is -2.21. The van der Waals surface area contributed by atoms with Crippen molar-refractivity contribution in [2.24, 2.45) is 5.92 Å². The molecule has 4 heteroatoms. The molecule has 0 aliphatic heterocycles. The Balaban J connectivity index is 0.00000200. The van der Waals surface area contributed by atoms with Crippen LogP contribution in [0.1, 0.15) is 44.7 Å². The van der Waals surface area contributed by atoms with E-state index in [-0.39, 0.29) is 24.3 Å². The van der Waals surface area contributed by atoms with Gasteiger partial charge in [-0.05, 0) is 26.7 Å². The summed E-state index contributed by atoms with van der Waals surface area (Å²) in [4.78, 5) is 11.9. The summed E-state index contributed by atoms with van der Waals surface area (Å²) < 4.78 is 5.18. The molecule has 0 aromatic heterocycles. The highest BCUT2D eigenvalue weighted by atomic mass is 35.5. The lowest BCUT2D eigenvalue weighted by atomic mass is 10.0. The molecule has 1 aliphatic carbocycles. The molecule has 0 saturated heterocycles. The fraction of sp³-hybridized carbons (Fsp3) is 0.562. The smallest absolute Gasteiger partial charge is 0.314 e. The monoisotopic (exact) mass is 297 g/mol. The summed E-state index contributed by atoms with van der Waals surface area (Å²) in [5, 5.41) is 2.34. The van der Waals surface area contributed by atoms with Crippen molar-refractivity contribution in [1.82, 2.24) is 0 Å². The number of benzene rings is 1. The van der Waals surface area contributed by atoms with Crippen LogP contribution in [0.5, 0.6) is 0 Å². The first-order valence-electron chi connectivity index (χ1n) is 7.29. The number of halogens is 1. The Hall–Kier alpha value is -1.06. The molecule has 3 nitrogen and oxygen atoms in total. The van der Waals surface area contributed by atoms with E-state index < -0.39 is 0 Å². The van der Waals surface area contributed by atoms with Gasteiger partial charge in [0.2, 0.25) is 0 Å². The molecule has 1 aromatic carbocycles. The first-order chi connectivity index (χ1) is 9.22. The molecule has 1 aromatic rings. The Morgan fingerprint density at radius 2 is 2.05 bits per heavy atom. The van der Waals surface area contributed by atoms with E-state index >= 15 is 0 Å². The third kappa shape index (κ3) is 4.22. The van der Waals surface area contributed by atoms with E-state index in [4.69, 9.17) is 4.74 Å². The van der Waals surface area contributed by atoms with Crippen LogP contribution in [0.25, 0.3) is 0 Å². The number of nitrogens with two attached hydrogens (primary N) is 1. The molecule has 1 saturated carbocycles. The van der Waals surface area contributed by atoms with E-state index in [0.717, 1.165) is 19.3 Å². The molecule has 0 bridgehead atoms. The molecule has 2 N–H and O–H groups in total. The molecule has 0 spiro atoms. The lowest BCUT2D eigenvalue weighted by molar-refractivity contribution is -0.727. The zero-order valence-corrected chi connectivity index (χ0v) is 13.0. The van der Waals surface area contributed by atoms with Crippen molar-refractivity contribution in [3.8, 4) is 0 Å². The van der Waals surface area contributed by atoms with Crippen LogP contribution in [0.4, 0.5) is 0 Å². The third-order valence-electron chi connectivity index (χ3n) is 4.02. The van der Waals surface area contributed by atoms with Crippen LogP contribution in [0, 0.1) is 5.92 Å². The Morgan fingerprint density at radius 3 is 2.70 bits per heavy atom. The molecule has 0 amide bonds. The van der Waals surface area contributed by atoms with Crippen molar-refractivity contribution in [3.63, 3.8) is 0 Å². The fourth-order valence-corrected chi connectivity index (χ4v) is 3.00. The minimum absolute atomic E-state index is 0. The zero-order chi connectivity index (χ0) is 13.7. The van der Waals surface area contributed by atoms with Gasteiger partial charge in [0.15, 0.2) is 0 Å². The zero-order valence-electron chi connectivity index (χ0n) is 12.2. The maximum atomic E-state index is 11.9. The van der Waals surface area contributed by atoms with Crippen molar-refractivity contribution in [2.75, 3.05) is 6.61 Å². The maximum Gasteiger partial charge on any atom is 0.314 e. The summed E-state index contributed by atoms with van der Waals surface area (Å²) in [7, 11) is 0. The number of esters is 1.